The smallest absolute Gasteiger partial charge is 0.410 e. The molecule has 1 aromatic carbocycles. The fourth-order valence-electron chi connectivity index (χ4n) is 3.64. The minimum atomic E-state index is -0.454. The summed E-state index contributed by atoms with van der Waals surface area (Å²) in [5.41, 5.74) is 12.8. The van der Waals surface area contributed by atoms with E-state index in [2.05, 4.69) is 40.8 Å². The second-order valence-electron chi connectivity index (χ2n) is 8.79. The predicted octanol–water partition coefficient (Wildman–Crippen LogP) is 4.44. The summed E-state index contributed by atoms with van der Waals surface area (Å²) in [6, 6.07) is 6.17. The largest absolute Gasteiger partial charge is 0.444 e. The second-order valence-corrected chi connectivity index (χ2v) is 9.91. The van der Waals surface area contributed by atoms with Gasteiger partial charge in [-0.3, -0.25) is 0 Å². The van der Waals surface area contributed by atoms with Crippen LogP contribution in [0.2, 0.25) is 0 Å². The highest BCUT2D eigenvalue weighted by molar-refractivity contribution is 7.11. The molecule has 2 aliphatic rings. The van der Waals surface area contributed by atoms with Crippen LogP contribution < -0.4 is 21.7 Å². The number of anilines is 3. The van der Waals surface area contributed by atoms with E-state index in [1.807, 2.05) is 31.7 Å². The van der Waals surface area contributed by atoms with Crippen LogP contribution in [0, 0.1) is 6.92 Å². The van der Waals surface area contributed by atoms with Gasteiger partial charge in [0.1, 0.15) is 5.60 Å². The van der Waals surface area contributed by atoms with Crippen molar-refractivity contribution in [3.05, 3.63) is 33.8 Å². The fraction of sp³-hybridized carbons (Fsp3) is 0.524. The summed E-state index contributed by atoms with van der Waals surface area (Å²) in [5.74, 6) is 0.405. The average molecular weight is 431 g/mol. The third-order valence-corrected chi connectivity index (χ3v) is 6.59. The van der Waals surface area contributed by atoms with Crippen LogP contribution in [0.5, 0.6) is 0 Å². The van der Waals surface area contributed by atoms with Gasteiger partial charge in [0, 0.05) is 29.6 Å². The number of amides is 1. The van der Waals surface area contributed by atoms with E-state index in [1.165, 1.54) is 9.88 Å². The highest BCUT2D eigenvalue weighted by Gasteiger charge is 2.29. The van der Waals surface area contributed by atoms with Gasteiger partial charge in [0.25, 0.3) is 0 Å². The summed E-state index contributed by atoms with van der Waals surface area (Å²) in [4.78, 5) is 20.2. The van der Waals surface area contributed by atoms with E-state index in [0.717, 1.165) is 55.2 Å². The molecule has 9 heteroatoms. The zero-order valence-corrected chi connectivity index (χ0v) is 18.8. The predicted molar refractivity (Wildman–Crippen MR) is 121 cm³/mol. The molecule has 0 unspecified atom stereocenters. The van der Waals surface area contributed by atoms with E-state index < -0.39 is 5.60 Å². The maximum Gasteiger partial charge on any atom is 0.410 e. The Bertz CT molecular complexity index is 915. The number of nitrogens with zero attached hydrogens (tertiary/aromatic N) is 2. The SMILES string of the molecule is Cc1nc(C2CCN(C(=O)OC(C)(C)C)CC2)sc1CNc1ccc2c(c1)NNN2. The van der Waals surface area contributed by atoms with Crippen molar-refractivity contribution in [1.82, 2.24) is 15.4 Å². The zero-order chi connectivity index (χ0) is 21.3. The van der Waals surface area contributed by atoms with Crippen molar-refractivity contribution in [2.75, 3.05) is 29.3 Å². The Labute approximate surface area is 181 Å². The number of hydrogen-bond donors (Lipinski definition) is 4. The number of carbonyl (C=O) groups is 1. The minimum Gasteiger partial charge on any atom is -0.444 e. The normalized spacial score (nSPS) is 16.6. The summed E-state index contributed by atoms with van der Waals surface area (Å²) in [6.45, 7) is 9.96. The Morgan fingerprint density at radius 1 is 1.27 bits per heavy atom. The average Bonchev–Trinajstić information content (AvgIpc) is 3.31. The highest BCUT2D eigenvalue weighted by Crippen LogP contribution is 2.34. The molecule has 4 rings (SSSR count). The van der Waals surface area contributed by atoms with Gasteiger partial charge in [0.15, 0.2) is 0 Å². The Morgan fingerprint density at radius 3 is 2.73 bits per heavy atom. The monoisotopic (exact) mass is 430 g/mol. The first-order valence-corrected chi connectivity index (χ1v) is 11.2. The van der Waals surface area contributed by atoms with Crippen LogP contribution in [-0.4, -0.2) is 34.7 Å². The van der Waals surface area contributed by atoms with Gasteiger partial charge in [-0.1, -0.05) is 0 Å². The molecular weight excluding hydrogens is 400 g/mol. The number of likely N-dealkylation sites (tertiary alicyclic amines) is 1. The number of piperidine rings is 1. The standard InChI is InChI=1S/C21H30N6O2S/c1-13-18(12-22-15-5-6-16-17(11-15)25-26-24-16)30-19(23-13)14-7-9-27(10-8-14)20(28)29-21(2,3)4/h5-6,11,14,22,24-26H,7-10,12H2,1-4H3. The van der Waals surface area contributed by atoms with Gasteiger partial charge in [-0.2, -0.15) is 0 Å². The van der Waals surface area contributed by atoms with E-state index in [1.54, 1.807) is 11.3 Å². The molecule has 4 N–H and O–H groups in total. The van der Waals surface area contributed by atoms with E-state index in [9.17, 15) is 4.79 Å². The Hall–Kier alpha value is -2.52. The van der Waals surface area contributed by atoms with Crippen LogP contribution in [0.15, 0.2) is 18.2 Å². The lowest BCUT2D eigenvalue weighted by molar-refractivity contribution is 0.0205. The molecule has 0 aliphatic carbocycles. The van der Waals surface area contributed by atoms with Gasteiger partial charge in [0.2, 0.25) is 0 Å². The summed E-state index contributed by atoms with van der Waals surface area (Å²) < 4.78 is 5.50. The number of hydrazine groups is 2. The van der Waals surface area contributed by atoms with Crippen molar-refractivity contribution in [2.45, 2.75) is 58.6 Å². The highest BCUT2D eigenvalue weighted by atomic mass is 32.1. The first-order valence-electron chi connectivity index (χ1n) is 10.4. The quantitative estimate of drug-likeness (QED) is 0.570. The molecule has 1 amide bonds. The topological polar surface area (TPSA) is 90.6 Å². The van der Waals surface area contributed by atoms with Crippen LogP contribution in [0.3, 0.4) is 0 Å². The number of aromatic nitrogens is 1. The van der Waals surface area contributed by atoms with Crippen LogP contribution in [-0.2, 0) is 11.3 Å². The number of nitrogens with one attached hydrogen (secondary N) is 4. The molecule has 0 saturated carbocycles. The van der Waals surface area contributed by atoms with Crippen molar-refractivity contribution >= 4 is 34.5 Å². The van der Waals surface area contributed by atoms with Crippen LogP contribution in [0.25, 0.3) is 0 Å². The number of rotatable bonds is 4. The molecule has 1 fully saturated rings. The zero-order valence-electron chi connectivity index (χ0n) is 18.0. The van der Waals surface area contributed by atoms with E-state index in [4.69, 9.17) is 9.72 Å². The Balaban J connectivity index is 1.32. The third kappa shape index (κ3) is 4.79. The number of aryl methyl sites for hydroxylation is 1. The number of fused-ring (bicyclic) bond motifs is 1. The van der Waals surface area contributed by atoms with Crippen molar-refractivity contribution < 1.29 is 9.53 Å². The summed E-state index contributed by atoms with van der Waals surface area (Å²) in [5, 5.41) is 4.67. The van der Waals surface area contributed by atoms with Crippen LogP contribution >= 0.6 is 11.3 Å². The van der Waals surface area contributed by atoms with Crippen LogP contribution in [0.4, 0.5) is 21.9 Å². The number of benzene rings is 1. The molecule has 0 bridgehead atoms. The molecule has 162 valence electrons. The van der Waals surface area contributed by atoms with Gasteiger partial charge in [0.05, 0.1) is 28.6 Å². The molecule has 2 aromatic rings. The van der Waals surface area contributed by atoms with Gasteiger partial charge >= 0.3 is 6.09 Å². The first-order chi connectivity index (χ1) is 14.3. The molecule has 0 radical (unpaired) electrons. The van der Waals surface area contributed by atoms with Crippen molar-refractivity contribution in [2.24, 2.45) is 0 Å². The molecule has 1 saturated heterocycles. The lowest BCUT2D eigenvalue weighted by Gasteiger charge is -2.32. The van der Waals surface area contributed by atoms with E-state index in [0.29, 0.717) is 5.92 Å². The third-order valence-electron chi connectivity index (χ3n) is 5.27. The molecule has 0 atom stereocenters. The minimum absolute atomic E-state index is 0.213. The number of hydrogen-bond acceptors (Lipinski definition) is 8. The fourth-order valence-corrected chi connectivity index (χ4v) is 4.81. The summed E-state index contributed by atoms with van der Waals surface area (Å²) in [7, 11) is 0. The molecule has 1 aromatic heterocycles. The molecule has 0 spiro atoms. The molecular formula is C21H30N6O2S. The molecule has 2 aliphatic heterocycles. The van der Waals surface area contributed by atoms with Crippen LogP contribution in [0.1, 0.15) is 55.1 Å². The second kappa shape index (κ2) is 8.31. The number of thiazole rings is 1. The van der Waals surface area contributed by atoms with Crippen molar-refractivity contribution in [1.29, 1.82) is 0 Å². The number of ether oxygens (including phenoxy) is 1. The van der Waals surface area contributed by atoms with E-state index in [-0.39, 0.29) is 6.09 Å². The van der Waals surface area contributed by atoms with Gasteiger partial charge < -0.3 is 25.8 Å². The van der Waals surface area contributed by atoms with Gasteiger partial charge in [-0.05, 0) is 58.7 Å². The Morgan fingerprint density at radius 2 is 2.00 bits per heavy atom. The molecule has 8 nitrogen and oxygen atoms in total. The molecule has 30 heavy (non-hydrogen) atoms. The van der Waals surface area contributed by atoms with Crippen molar-refractivity contribution in [3.8, 4) is 0 Å². The maximum absolute atomic E-state index is 12.3. The van der Waals surface area contributed by atoms with Gasteiger partial charge in [-0.25, -0.2) is 9.78 Å². The lowest BCUT2D eigenvalue weighted by atomic mass is 9.98. The maximum atomic E-state index is 12.3. The Kier molecular flexibility index (Phi) is 5.75. The first kappa shape index (κ1) is 20.7. The summed E-state index contributed by atoms with van der Waals surface area (Å²) in [6.07, 6.45) is 1.64. The summed E-state index contributed by atoms with van der Waals surface area (Å²) >= 11 is 1.78. The van der Waals surface area contributed by atoms with Gasteiger partial charge in [-0.15, -0.1) is 16.9 Å². The molecule has 3 heterocycles. The van der Waals surface area contributed by atoms with Crippen molar-refractivity contribution in [3.63, 3.8) is 0 Å². The van der Waals surface area contributed by atoms with E-state index >= 15 is 0 Å². The lowest BCUT2D eigenvalue weighted by Crippen LogP contribution is -2.41. The number of carbonyl (C=O) groups excluding carboxylic acids is 1.